The van der Waals surface area contributed by atoms with Crippen molar-refractivity contribution in [3.05, 3.63) is 55.0 Å². The van der Waals surface area contributed by atoms with E-state index in [9.17, 15) is 0 Å². The molecule has 0 saturated carbocycles. The zero-order valence-electron chi connectivity index (χ0n) is 6.88. The zero-order chi connectivity index (χ0) is 8.93. The molecule has 0 aliphatic carbocycles. The number of nitrogens with zero attached hydrogens (tertiary/aromatic N) is 1. The van der Waals surface area contributed by atoms with Crippen molar-refractivity contribution in [3.63, 3.8) is 0 Å². The summed E-state index contributed by atoms with van der Waals surface area (Å²) in [5.41, 5.74) is 0. The molecule has 0 saturated heterocycles. The van der Waals surface area contributed by atoms with Crippen LogP contribution in [0.25, 0.3) is 0 Å². The molecule has 13 heavy (non-hydrogen) atoms. The third-order valence-corrected chi connectivity index (χ3v) is 1.51. The van der Waals surface area contributed by atoms with Gasteiger partial charge in [0.25, 0.3) is 0 Å². The first-order valence-electron chi connectivity index (χ1n) is 3.91. The largest absolute Gasteiger partial charge is 0.478 e. The van der Waals surface area contributed by atoms with E-state index in [-0.39, 0.29) is 0 Å². The molecule has 0 spiro atoms. The average Bonchev–Trinajstić information content (AvgIpc) is 2.69. The minimum Gasteiger partial charge on any atom is -0.478 e. The molecule has 3 nitrogen and oxygen atoms in total. The van der Waals surface area contributed by atoms with Gasteiger partial charge in [-0.2, -0.15) is 0 Å². The summed E-state index contributed by atoms with van der Waals surface area (Å²) in [6, 6.07) is 11.2. The van der Waals surface area contributed by atoms with E-state index in [0.29, 0.717) is 5.76 Å². The quantitative estimate of drug-likeness (QED) is 0.715. The van der Waals surface area contributed by atoms with Crippen LogP contribution in [-0.4, -0.2) is 5.16 Å². The van der Waals surface area contributed by atoms with E-state index in [2.05, 4.69) is 5.16 Å². The van der Waals surface area contributed by atoms with Crippen LogP contribution in [0.15, 0.2) is 47.1 Å². The van der Waals surface area contributed by atoms with Gasteiger partial charge in [0.1, 0.15) is 5.75 Å². The number of ether oxygens (including phenoxy) is 1. The minimum atomic E-state index is 0.601. The molecule has 0 amide bonds. The number of hydrogen-bond acceptors (Lipinski definition) is 3. The van der Waals surface area contributed by atoms with E-state index in [1.54, 1.807) is 12.3 Å². The van der Waals surface area contributed by atoms with Gasteiger partial charge in [0, 0.05) is 6.07 Å². The topological polar surface area (TPSA) is 35.3 Å². The van der Waals surface area contributed by atoms with Gasteiger partial charge in [-0.1, -0.05) is 23.4 Å². The Kier molecular flexibility index (Phi) is 2.27. The van der Waals surface area contributed by atoms with Gasteiger partial charge in [0.05, 0.1) is 6.20 Å². The molecule has 0 atom stereocenters. The molecule has 2 aromatic rings. The maximum absolute atomic E-state index is 5.29. The highest BCUT2D eigenvalue weighted by molar-refractivity contribution is 5.22. The third-order valence-electron chi connectivity index (χ3n) is 1.51. The Balaban J connectivity index is 1.94. The van der Waals surface area contributed by atoms with Gasteiger partial charge in [0.2, 0.25) is 6.61 Å². The lowest BCUT2D eigenvalue weighted by Gasteiger charge is -2.00. The van der Waals surface area contributed by atoms with E-state index in [0.717, 1.165) is 5.75 Å². The Morgan fingerprint density at radius 3 is 2.69 bits per heavy atom. The van der Waals surface area contributed by atoms with E-state index in [1.807, 2.05) is 30.3 Å². The lowest BCUT2D eigenvalue weighted by atomic mass is 10.3. The summed E-state index contributed by atoms with van der Waals surface area (Å²) in [6.07, 6.45) is 1.57. The smallest absolute Gasteiger partial charge is 0.203 e. The Morgan fingerprint density at radius 1 is 1.15 bits per heavy atom. The Hall–Kier alpha value is -1.77. The highest BCUT2D eigenvalue weighted by Gasteiger charge is 1.98. The molecule has 0 bridgehead atoms. The standard InChI is InChI=1S/C10H8NO2/c1-2-4-9(5-3-1)12-8-10-6-7-11-13-10/h1-8H. The first-order valence-corrected chi connectivity index (χ1v) is 3.91. The molecule has 3 heteroatoms. The van der Waals surface area contributed by atoms with Crippen molar-refractivity contribution in [2.24, 2.45) is 0 Å². The van der Waals surface area contributed by atoms with E-state index in [4.69, 9.17) is 9.26 Å². The summed E-state index contributed by atoms with van der Waals surface area (Å²) in [7, 11) is 0. The van der Waals surface area contributed by atoms with Gasteiger partial charge in [-0.15, -0.1) is 0 Å². The van der Waals surface area contributed by atoms with Crippen LogP contribution in [-0.2, 0) is 0 Å². The fourth-order valence-corrected chi connectivity index (χ4v) is 0.912. The van der Waals surface area contributed by atoms with Crippen molar-refractivity contribution in [1.29, 1.82) is 0 Å². The van der Waals surface area contributed by atoms with Crippen LogP contribution in [0.1, 0.15) is 5.76 Å². The average molecular weight is 174 g/mol. The minimum absolute atomic E-state index is 0.601. The second kappa shape index (κ2) is 3.76. The van der Waals surface area contributed by atoms with Crippen LogP contribution in [0.2, 0.25) is 0 Å². The van der Waals surface area contributed by atoms with Gasteiger partial charge in [0.15, 0.2) is 5.76 Å². The lowest BCUT2D eigenvalue weighted by Crippen LogP contribution is -1.89. The first kappa shape index (κ1) is 7.86. The Bertz CT molecular complexity index is 342. The van der Waals surface area contributed by atoms with Crippen LogP contribution in [0.5, 0.6) is 5.75 Å². The predicted octanol–water partition coefficient (Wildman–Crippen LogP) is 2.26. The molecular formula is C10H8NO2. The molecular weight excluding hydrogens is 166 g/mol. The number of para-hydroxylation sites is 1. The van der Waals surface area contributed by atoms with Crippen LogP contribution < -0.4 is 4.74 Å². The summed E-state index contributed by atoms with van der Waals surface area (Å²) >= 11 is 0. The van der Waals surface area contributed by atoms with Crippen LogP contribution in [0, 0.1) is 6.61 Å². The maximum atomic E-state index is 5.29. The summed E-state index contributed by atoms with van der Waals surface area (Å²) < 4.78 is 10.1. The second-order valence-electron chi connectivity index (χ2n) is 2.46. The lowest BCUT2D eigenvalue weighted by molar-refractivity contribution is 0.341. The fraction of sp³-hybridized carbons (Fsp3) is 0. The van der Waals surface area contributed by atoms with Crippen LogP contribution in [0.4, 0.5) is 0 Å². The normalized spacial score (nSPS) is 9.85. The second-order valence-corrected chi connectivity index (χ2v) is 2.46. The van der Waals surface area contributed by atoms with Crippen molar-refractivity contribution in [2.45, 2.75) is 0 Å². The molecule has 1 aromatic carbocycles. The number of rotatable bonds is 3. The van der Waals surface area contributed by atoms with E-state index < -0.39 is 0 Å². The Labute approximate surface area is 75.9 Å². The maximum Gasteiger partial charge on any atom is 0.203 e. The van der Waals surface area contributed by atoms with Crippen LogP contribution >= 0.6 is 0 Å². The third kappa shape index (κ3) is 2.08. The van der Waals surface area contributed by atoms with Crippen LogP contribution in [0.3, 0.4) is 0 Å². The summed E-state index contributed by atoms with van der Waals surface area (Å²) in [5, 5.41) is 3.55. The summed E-state index contributed by atoms with van der Waals surface area (Å²) in [4.78, 5) is 0. The van der Waals surface area contributed by atoms with Gasteiger partial charge in [-0.05, 0) is 12.1 Å². The monoisotopic (exact) mass is 174 g/mol. The van der Waals surface area contributed by atoms with Gasteiger partial charge >= 0.3 is 0 Å². The van der Waals surface area contributed by atoms with Gasteiger partial charge in [-0.25, -0.2) is 0 Å². The van der Waals surface area contributed by atoms with Crippen molar-refractivity contribution < 1.29 is 9.26 Å². The van der Waals surface area contributed by atoms with E-state index >= 15 is 0 Å². The summed E-state index contributed by atoms with van der Waals surface area (Å²) in [6.45, 7) is 1.52. The number of aromatic nitrogens is 1. The van der Waals surface area contributed by atoms with Crippen molar-refractivity contribution in [3.8, 4) is 5.75 Å². The summed E-state index contributed by atoms with van der Waals surface area (Å²) in [5.74, 6) is 1.38. The molecule has 1 aromatic heterocycles. The van der Waals surface area contributed by atoms with Gasteiger partial charge < -0.3 is 9.26 Å². The number of benzene rings is 1. The molecule has 1 radical (unpaired) electrons. The highest BCUT2D eigenvalue weighted by atomic mass is 16.5. The predicted molar refractivity (Wildman–Crippen MR) is 47.0 cm³/mol. The fourth-order valence-electron chi connectivity index (χ4n) is 0.912. The highest BCUT2D eigenvalue weighted by Crippen LogP contribution is 2.11. The first-order chi connectivity index (χ1) is 6.45. The van der Waals surface area contributed by atoms with Crippen molar-refractivity contribution in [1.82, 2.24) is 5.16 Å². The molecule has 0 aliphatic rings. The molecule has 65 valence electrons. The van der Waals surface area contributed by atoms with Crippen molar-refractivity contribution in [2.75, 3.05) is 0 Å². The molecule has 2 rings (SSSR count). The van der Waals surface area contributed by atoms with E-state index in [1.165, 1.54) is 6.61 Å². The molecule has 0 aliphatic heterocycles. The molecule has 0 fully saturated rings. The number of hydrogen-bond donors (Lipinski definition) is 0. The van der Waals surface area contributed by atoms with Gasteiger partial charge in [-0.3, -0.25) is 0 Å². The zero-order valence-corrected chi connectivity index (χ0v) is 6.88. The molecule has 0 unspecified atom stereocenters. The molecule has 1 heterocycles. The Morgan fingerprint density at radius 2 is 2.00 bits per heavy atom. The SMILES string of the molecule is [CH](Oc1ccccc1)c1ccno1. The van der Waals surface area contributed by atoms with Crippen molar-refractivity contribution >= 4 is 0 Å². The molecule has 0 N–H and O–H groups in total.